The Bertz CT molecular complexity index is 360. The molecule has 1 amide bonds. The van der Waals surface area contributed by atoms with E-state index >= 15 is 0 Å². The summed E-state index contributed by atoms with van der Waals surface area (Å²) in [7, 11) is 0. The van der Waals surface area contributed by atoms with Crippen LogP contribution in [-0.2, 0) is 14.3 Å². The highest BCUT2D eigenvalue weighted by Crippen LogP contribution is 2.30. The lowest BCUT2D eigenvalue weighted by Gasteiger charge is -2.38. The summed E-state index contributed by atoms with van der Waals surface area (Å²) in [5.41, 5.74) is -1.66. The molecule has 0 radical (unpaired) electrons. The number of hydrogen-bond acceptors (Lipinski definition) is 4. The molecule has 0 aromatic rings. The first-order valence-electron chi connectivity index (χ1n) is 7.03. The predicted molar refractivity (Wildman–Crippen MR) is 75.5 cm³/mol. The number of rotatable bonds is 7. The van der Waals surface area contributed by atoms with E-state index in [0.717, 1.165) is 19.4 Å². The monoisotopic (exact) mass is 286 g/mol. The Morgan fingerprint density at radius 1 is 1.30 bits per heavy atom. The maximum absolute atomic E-state index is 11.8. The molecule has 1 unspecified atom stereocenters. The summed E-state index contributed by atoms with van der Waals surface area (Å²) >= 11 is 0. The zero-order valence-electron chi connectivity index (χ0n) is 12.8. The van der Waals surface area contributed by atoms with Gasteiger partial charge in [0.2, 0.25) is 5.91 Å². The Hall–Kier alpha value is -1.14. The summed E-state index contributed by atoms with van der Waals surface area (Å²) in [6.45, 7) is 8.24. The number of aliphatic carboxylic acids is 1. The maximum Gasteiger partial charge on any atom is 0.310 e. The van der Waals surface area contributed by atoms with Crippen LogP contribution in [0.3, 0.4) is 0 Å². The van der Waals surface area contributed by atoms with Gasteiger partial charge in [-0.15, -0.1) is 0 Å². The number of carbonyl (C=O) groups is 2. The molecule has 1 saturated heterocycles. The van der Waals surface area contributed by atoms with Gasteiger partial charge in [0.1, 0.15) is 0 Å². The van der Waals surface area contributed by atoms with Gasteiger partial charge in [-0.1, -0.05) is 0 Å². The molecule has 0 bridgehead atoms. The Kier molecular flexibility index (Phi) is 5.53. The lowest BCUT2D eigenvalue weighted by atomic mass is 9.74. The van der Waals surface area contributed by atoms with Gasteiger partial charge in [-0.3, -0.25) is 9.59 Å². The number of carbonyl (C=O) groups excluding carboxylic acids is 1. The first-order valence-corrected chi connectivity index (χ1v) is 7.03. The quantitative estimate of drug-likeness (QED) is 0.643. The van der Waals surface area contributed by atoms with Crippen molar-refractivity contribution in [2.45, 2.75) is 52.2 Å². The fraction of sp³-hybridized carbons (Fsp3) is 0.857. The van der Waals surface area contributed by atoms with Crippen molar-refractivity contribution in [1.29, 1.82) is 0 Å². The van der Waals surface area contributed by atoms with Gasteiger partial charge >= 0.3 is 5.97 Å². The van der Waals surface area contributed by atoms with Crippen LogP contribution in [0.5, 0.6) is 0 Å². The standard InChI is InChI=1S/C14H26N2O4/c1-13(2,12(18)19)14(3,4)16-9-11(17)15-8-10-6-5-7-20-10/h10,16H,5-9H2,1-4H3,(H,15,17)(H,18,19). The molecule has 6 nitrogen and oxygen atoms in total. The Morgan fingerprint density at radius 2 is 1.95 bits per heavy atom. The van der Waals surface area contributed by atoms with Crippen LogP contribution in [0.15, 0.2) is 0 Å². The van der Waals surface area contributed by atoms with Gasteiger partial charge < -0.3 is 20.5 Å². The number of carboxylic acids is 1. The second kappa shape index (κ2) is 6.54. The maximum atomic E-state index is 11.8. The smallest absolute Gasteiger partial charge is 0.310 e. The van der Waals surface area contributed by atoms with Crippen molar-refractivity contribution < 1.29 is 19.4 Å². The molecule has 1 fully saturated rings. The minimum Gasteiger partial charge on any atom is -0.481 e. The molecule has 1 rings (SSSR count). The van der Waals surface area contributed by atoms with E-state index in [-0.39, 0.29) is 18.6 Å². The molecular weight excluding hydrogens is 260 g/mol. The van der Waals surface area contributed by atoms with E-state index in [9.17, 15) is 14.7 Å². The van der Waals surface area contributed by atoms with Crippen molar-refractivity contribution in [2.75, 3.05) is 19.7 Å². The third-order valence-corrected chi connectivity index (χ3v) is 4.34. The van der Waals surface area contributed by atoms with Crippen LogP contribution in [0.25, 0.3) is 0 Å². The van der Waals surface area contributed by atoms with Gasteiger partial charge in [0.15, 0.2) is 0 Å². The van der Waals surface area contributed by atoms with Gasteiger partial charge in [-0.2, -0.15) is 0 Å². The van der Waals surface area contributed by atoms with Crippen LogP contribution in [0.4, 0.5) is 0 Å². The second-order valence-electron chi connectivity index (χ2n) is 6.35. The van der Waals surface area contributed by atoms with E-state index in [4.69, 9.17) is 4.74 Å². The minimum absolute atomic E-state index is 0.0937. The Balaban J connectivity index is 2.37. The van der Waals surface area contributed by atoms with Crippen molar-refractivity contribution in [3.63, 3.8) is 0 Å². The SMILES string of the molecule is CC(C)(NCC(=O)NCC1CCCO1)C(C)(C)C(=O)O. The highest BCUT2D eigenvalue weighted by atomic mass is 16.5. The molecule has 6 heteroatoms. The van der Waals surface area contributed by atoms with Gasteiger partial charge in [0, 0.05) is 18.7 Å². The lowest BCUT2D eigenvalue weighted by Crippen LogP contribution is -2.57. The number of hydrogen-bond donors (Lipinski definition) is 3. The highest BCUT2D eigenvalue weighted by molar-refractivity contribution is 5.79. The van der Waals surface area contributed by atoms with Crippen LogP contribution in [0.2, 0.25) is 0 Å². The topological polar surface area (TPSA) is 87.7 Å². The van der Waals surface area contributed by atoms with Crippen molar-refractivity contribution in [3.8, 4) is 0 Å². The Morgan fingerprint density at radius 3 is 2.45 bits per heavy atom. The van der Waals surface area contributed by atoms with Crippen LogP contribution in [0, 0.1) is 5.41 Å². The predicted octanol–water partition coefficient (Wildman–Crippen LogP) is 0.761. The highest BCUT2D eigenvalue weighted by Gasteiger charge is 2.43. The first kappa shape index (κ1) is 16.9. The molecule has 0 spiro atoms. The molecule has 1 atom stereocenters. The summed E-state index contributed by atoms with van der Waals surface area (Å²) < 4.78 is 5.42. The molecule has 0 aliphatic carbocycles. The summed E-state index contributed by atoms with van der Waals surface area (Å²) in [4.78, 5) is 23.0. The molecule has 0 saturated carbocycles. The van der Waals surface area contributed by atoms with Crippen molar-refractivity contribution in [3.05, 3.63) is 0 Å². The van der Waals surface area contributed by atoms with Crippen LogP contribution < -0.4 is 10.6 Å². The number of amides is 1. The molecule has 1 heterocycles. The van der Waals surface area contributed by atoms with E-state index in [1.807, 2.05) is 0 Å². The zero-order valence-corrected chi connectivity index (χ0v) is 12.8. The summed E-state index contributed by atoms with van der Waals surface area (Å²) in [6, 6.07) is 0. The molecule has 116 valence electrons. The van der Waals surface area contributed by atoms with Crippen molar-refractivity contribution >= 4 is 11.9 Å². The second-order valence-corrected chi connectivity index (χ2v) is 6.35. The summed E-state index contributed by atoms with van der Waals surface area (Å²) in [6.07, 6.45) is 2.13. The molecule has 1 aliphatic heterocycles. The average molecular weight is 286 g/mol. The lowest BCUT2D eigenvalue weighted by molar-refractivity contribution is -0.151. The van der Waals surface area contributed by atoms with E-state index < -0.39 is 16.9 Å². The number of ether oxygens (including phenoxy) is 1. The van der Waals surface area contributed by atoms with Gasteiger partial charge in [-0.25, -0.2) is 0 Å². The third kappa shape index (κ3) is 4.18. The third-order valence-electron chi connectivity index (χ3n) is 4.34. The van der Waals surface area contributed by atoms with Crippen molar-refractivity contribution in [2.24, 2.45) is 5.41 Å². The number of carboxylic acid groups (broad SMARTS) is 1. The van der Waals surface area contributed by atoms with Gasteiger partial charge in [0.05, 0.1) is 18.1 Å². The molecule has 1 aliphatic rings. The summed E-state index contributed by atoms with van der Waals surface area (Å²) in [5.74, 6) is -1.04. The normalized spacial score (nSPS) is 19.9. The fourth-order valence-electron chi connectivity index (χ4n) is 1.89. The van der Waals surface area contributed by atoms with Gasteiger partial charge in [0.25, 0.3) is 0 Å². The molecular formula is C14H26N2O4. The fourth-order valence-corrected chi connectivity index (χ4v) is 1.89. The molecule has 20 heavy (non-hydrogen) atoms. The van der Waals surface area contributed by atoms with E-state index in [0.29, 0.717) is 6.54 Å². The van der Waals surface area contributed by atoms with Crippen molar-refractivity contribution in [1.82, 2.24) is 10.6 Å². The van der Waals surface area contributed by atoms with Crippen LogP contribution in [-0.4, -0.2) is 48.3 Å². The van der Waals surface area contributed by atoms with Crippen LogP contribution in [0.1, 0.15) is 40.5 Å². The Labute approximate surface area is 120 Å². The van der Waals surface area contributed by atoms with E-state index in [1.165, 1.54) is 0 Å². The van der Waals surface area contributed by atoms with Crippen LogP contribution >= 0.6 is 0 Å². The average Bonchev–Trinajstić information content (AvgIpc) is 2.86. The van der Waals surface area contributed by atoms with E-state index in [2.05, 4.69) is 10.6 Å². The van der Waals surface area contributed by atoms with E-state index in [1.54, 1.807) is 27.7 Å². The molecule has 0 aromatic heterocycles. The molecule has 3 N–H and O–H groups in total. The summed E-state index contributed by atoms with van der Waals surface area (Å²) in [5, 5.41) is 15.1. The first-order chi connectivity index (χ1) is 9.17. The largest absolute Gasteiger partial charge is 0.481 e. The van der Waals surface area contributed by atoms with Gasteiger partial charge in [-0.05, 0) is 40.5 Å². The minimum atomic E-state index is -0.970. The number of nitrogens with one attached hydrogen (secondary N) is 2. The molecule has 0 aromatic carbocycles. The zero-order chi connectivity index (χ0) is 15.4.